The summed E-state index contributed by atoms with van der Waals surface area (Å²) in [6.07, 6.45) is 7.96. The van der Waals surface area contributed by atoms with Gasteiger partial charge in [-0.1, -0.05) is 12.2 Å². The van der Waals surface area contributed by atoms with Gasteiger partial charge in [-0.2, -0.15) is 5.90 Å². The lowest BCUT2D eigenvalue weighted by Gasteiger charge is -1.94. The molecule has 0 bridgehead atoms. The second-order valence-electron chi connectivity index (χ2n) is 1.61. The van der Waals surface area contributed by atoms with Gasteiger partial charge in [0, 0.05) is 12.6 Å². The van der Waals surface area contributed by atoms with Crippen molar-refractivity contribution in [2.45, 2.75) is 6.42 Å². The normalized spacial score (nSPS) is 16.8. The molecule has 1 rings (SSSR count). The van der Waals surface area contributed by atoms with Crippen molar-refractivity contribution in [3.8, 4) is 0 Å². The molecule has 0 aromatic carbocycles. The minimum absolute atomic E-state index is 0.542. The van der Waals surface area contributed by atoms with Crippen LogP contribution in [0.5, 0.6) is 0 Å². The first kappa shape index (κ1) is 6.04. The van der Waals surface area contributed by atoms with E-state index in [0.29, 0.717) is 12.3 Å². The maximum atomic E-state index is 4.87. The Bertz CT molecular complexity index is 170. The van der Waals surface area contributed by atoms with Crippen molar-refractivity contribution in [2.24, 2.45) is 10.9 Å². The predicted octanol–water partition coefficient (Wildman–Crippen LogP) is 0.749. The summed E-state index contributed by atoms with van der Waals surface area (Å²) in [5.74, 6) is 5.42. The van der Waals surface area contributed by atoms with Gasteiger partial charge in [0.1, 0.15) is 0 Å². The monoisotopic (exact) mass is 124 g/mol. The first-order valence-corrected chi connectivity index (χ1v) is 2.68. The Hall–Kier alpha value is -1.09. The molecule has 48 valence electrons. The molecule has 2 N–H and O–H groups in total. The summed E-state index contributed by atoms with van der Waals surface area (Å²) in [6.45, 7) is 0. The average molecular weight is 124 g/mol. The Morgan fingerprint density at radius 2 is 2.44 bits per heavy atom. The van der Waals surface area contributed by atoms with E-state index in [1.165, 1.54) is 0 Å². The summed E-state index contributed by atoms with van der Waals surface area (Å²) in [5.41, 5.74) is 0. The van der Waals surface area contributed by atoms with E-state index in [1.54, 1.807) is 6.20 Å². The van der Waals surface area contributed by atoms with E-state index >= 15 is 0 Å². The summed E-state index contributed by atoms with van der Waals surface area (Å²) >= 11 is 0. The van der Waals surface area contributed by atoms with Gasteiger partial charge in [0.05, 0.1) is 0 Å². The number of hydrogen-bond acceptors (Lipinski definition) is 3. The number of rotatable bonds is 0. The van der Waals surface area contributed by atoms with Crippen molar-refractivity contribution >= 4 is 5.90 Å². The van der Waals surface area contributed by atoms with Crippen LogP contribution in [0.1, 0.15) is 6.42 Å². The second-order valence-corrected chi connectivity index (χ2v) is 1.61. The lowest BCUT2D eigenvalue weighted by molar-refractivity contribution is 0.314. The summed E-state index contributed by atoms with van der Waals surface area (Å²) in [5, 5.41) is 0. The van der Waals surface area contributed by atoms with Crippen molar-refractivity contribution in [1.82, 2.24) is 0 Å². The number of nitrogens with two attached hydrogens (primary N) is 1. The highest BCUT2D eigenvalue weighted by Gasteiger charge is 1.93. The molecule has 0 radical (unpaired) electrons. The fourth-order valence-electron chi connectivity index (χ4n) is 0.555. The molecule has 0 saturated carbocycles. The molecule has 0 unspecified atom stereocenters. The van der Waals surface area contributed by atoms with Crippen LogP contribution in [-0.4, -0.2) is 5.90 Å². The summed E-state index contributed by atoms with van der Waals surface area (Å²) < 4.78 is 0. The Labute approximate surface area is 53.5 Å². The van der Waals surface area contributed by atoms with Crippen LogP contribution in [0.4, 0.5) is 0 Å². The second kappa shape index (κ2) is 3.04. The Morgan fingerprint density at radius 3 is 3.22 bits per heavy atom. The first-order valence-electron chi connectivity index (χ1n) is 2.68. The van der Waals surface area contributed by atoms with Gasteiger partial charge in [-0.05, 0) is 6.08 Å². The molecule has 0 saturated heterocycles. The Morgan fingerprint density at radius 1 is 1.56 bits per heavy atom. The van der Waals surface area contributed by atoms with Gasteiger partial charge in [0.25, 0.3) is 0 Å². The minimum atomic E-state index is 0.542. The van der Waals surface area contributed by atoms with E-state index in [-0.39, 0.29) is 0 Å². The third kappa shape index (κ3) is 1.70. The molecule has 3 heteroatoms. The van der Waals surface area contributed by atoms with Crippen LogP contribution in [0.15, 0.2) is 29.4 Å². The Kier molecular flexibility index (Phi) is 2.04. The zero-order valence-corrected chi connectivity index (χ0v) is 4.95. The van der Waals surface area contributed by atoms with E-state index in [0.717, 1.165) is 0 Å². The van der Waals surface area contributed by atoms with Crippen LogP contribution in [0.25, 0.3) is 0 Å². The van der Waals surface area contributed by atoms with Crippen LogP contribution in [-0.2, 0) is 4.84 Å². The molecular weight excluding hydrogens is 116 g/mol. The van der Waals surface area contributed by atoms with Crippen molar-refractivity contribution < 1.29 is 4.84 Å². The zero-order valence-electron chi connectivity index (χ0n) is 4.95. The van der Waals surface area contributed by atoms with Crippen LogP contribution < -0.4 is 5.90 Å². The zero-order chi connectivity index (χ0) is 6.53. The molecule has 1 aliphatic rings. The average Bonchev–Trinajstić information content (AvgIpc) is 2.13. The molecule has 0 aromatic rings. The van der Waals surface area contributed by atoms with Gasteiger partial charge in [0.15, 0.2) is 0 Å². The molecule has 0 fully saturated rings. The largest absolute Gasteiger partial charge is 0.396 e. The van der Waals surface area contributed by atoms with Gasteiger partial charge >= 0.3 is 0 Å². The molecule has 1 heterocycles. The molecule has 0 atom stereocenters. The summed E-state index contributed by atoms with van der Waals surface area (Å²) in [4.78, 5) is 8.29. The molecule has 0 amide bonds. The molecule has 1 aliphatic heterocycles. The van der Waals surface area contributed by atoms with Gasteiger partial charge in [0.2, 0.25) is 5.90 Å². The van der Waals surface area contributed by atoms with E-state index in [1.807, 2.05) is 18.2 Å². The van der Waals surface area contributed by atoms with Gasteiger partial charge in [-0.3, -0.25) is 0 Å². The van der Waals surface area contributed by atoms with Gasteiger partial charge in [-0.15, -0.1) is 0 Å². The highest BCUT2D eigenvalue weighted by Crippen LogP contribution is 1.95. The van der Waals surface area contributed by atoms with Crippen molar-refractivity contribution in [1.29, 1.82) is 0 Å². The minimum Gasteiger partial charge on any atom is -0.396 e. The van der Waals surface area contributed by atoms with E-state index < -0.39 is 0 Å². The molecular formula is C6H8N2O. The molecule has 0 aromatic heterocycles. The summed E-state index contributed by atoms with van der Waals surface area (Å²) in [7, 11) is 0. The highest BCUT2D eigenvalue weighted by atomic mass is 16.6. The third-order valence-electron chi connectivity index (χ3n) is 0.980. The van der Waals surface area contributed by atoms with Crippen LogP contribution in [0.3, 0.4) is 0 Å². The topological polar surface area (TPSA) is 47.6 Å². The van der Waals surface area contributed by atoms with Crippen LogP contribution in [0, 0.1) is 0 Å². The number of aliphatic imine (C=N–C) groups is 1. The lowest BCUT2D eigenvalue weighted by atomic mass is 10.4. The number of allylic oxidation sites excluding steroid dienone is 2. The third-order valence-corrected chi connectivity index (χ3v) is 0.980. The number of hydrogen-bond donors (Lipinski definition) is 1. The van der Waals surface area contributed by atoms with Crippen LogP contribution in [0.2, 0.25) is 0 Å². The molecule has 0 spiro atoms. The molecule has 0 aliphatic carbocycles. The lowest BCUT2D eigenvalue weighted by Crippen LogP contribution is -2.08. The highest BCUT2D eigenvalue weighted by molar-refractivity contribution is 5.78. The van der Waals surface area contributed by atoms with Crippen molar-refractivity contribution in [3.63, 3.8) is 0 Å². The van der Waals surface area contributed by atoms with Gasteiger partial charge in [-0.25, -0.2) is 4.99 Å². The quantitative estimate of drug-likeness (QED) is 0.484. The SMILES string of the molecule is NOC1=NC=CC=CC1. The Balaban J connectivity index is 2.62. The maximum Gasteiger partial charge on any atom is 0.217 e. The van der Waals surface area contributed by atoms with Crippen molar-refractivity contribution in [3.05, 3.63) is 24.4 Å². The molecule has 9 heavy (non-hydrogen) atoms. The van der Waals surface area contributed by atoms with Gasteiger partial charge < -0.3 is 4.84 Å². The first-order chi connectivity index (χ1) is 4.43. The smallest absolute Gasteiger partial charge is 0.217 e. The summed E-state index contributed by atoms with van der Waals surface area (Å²) in [6, 6.07) is 0. The molecule has 3 nitrogen and oxygen atoms in total. The van der Waals surface area contributed by atoms with Crippen LogP contribution >= 0.6 is 0 Å². The predicted molar refractivity (Wildman–Crippen MR) is 35.6 cm³/mol. The van der Waals surface area contributed by atoms with E-state index in [4.69, 9.17) is 5.90 Å². The standard InChI is InChI=1S/C6H8N2O/c7-9-6-4-2-1-3-5-8-6/h1-3,5H,4,7H2. The van der Waals surface area contributed by atoms with E-state index in [9.17, 15) is 0 Å². The maximum absolute atomic E-state index is 4.87. The fourth-order valence-corrected chi connectivity index (χ4v) is 0.555. The fraction of sp³-hybridized carbons (Fsp3) is 0.167. The van der Waals surface area contributed by atoms with E-state index in [2.05, 4.69) is 9.83 Å². The van der Waals surface area contributed by atoms with Crippen molar-refractivity contribution in [2.75, 3.05) is 0 Å². The number of nitrogens with zero attached hydrogens (tertiary/aromatic N) is 1.